The molecule has 0 saturated carbocycles. The molecular formula is C24H28FN6O7P. The summed E-state index contributed by atoms with van der Waals surface area (Å²) in [6.07, 6.45) is 1.92. The molecule has 0 spiro atoms. The van der Waals surface area contributed by atoms with E-state index in [1.165, 1.54) is 37.1 Å². The number of nitrogens with one attached hydrogen (secondary N) is 2. The van der Waals surface area contributed by atoms with Gasteiger partial charge in [0, 0.05) is 7.05 Å². The van der Waals surface area contributed by atoms with Gasteiger partial charge in [0.2, 0.25) is 5.67 Å². The zero-order chi connectivity index (χ0) is 28.4. The Balaban J connectivity index is 1.61. The van der Waals surface area contributed by atoms with Crippen LogP contribution in [0.5, 0.6) is 5.75 Å². The molecule has 208 valence electrons. The third-order valence-corrected chi connectivity index (χ3v) is 7.62. The second kappa shape index (κ2) is 11.3. The van der Waals surface area contributed by atoms with Gasteiger partial charge in [-0.1, -0.05) is 24.1 Å². The molecule has 3 aromatic rings. The number of anilines is 1. The first-order chi connectivity index (χ1) is 18.5. The molecule has 4 rings (SSSR count). The SMILES string of the molecule is C#C[C@@]1(F)[C@H](O)[C@@H](CO[P@](=O)(N[C@H](C)C(=O)OC)Oc2ccccc2)O[C@H]1n1cnc2c(NC)nc(C)nc21. The lowest BCUT2D eigenvalue weighted by Crippen LogP contribution is -2.42. The van der Waals surface area contributed by atoms with Gasteiger partial charge in [-0.15, -0.1) is 6.42 Å². The number of methoxy groups -OCH3 is 1. The molecule has 39 heavy (non-hydrogen) atoms. The molecule has 0 aliphatic carbocycles. The fraction of sp³-hybridized carbons (Fsp3) is 0.417. The topological polar surface area (TPSA) is 159 Å². The van der Waals surface area contributed by atoms with Gasteiger partial charge in [0.05, 0.1) is 20.0 Å². The second-order valence-electron chi connectivity index (χ2n) is 8.65. The van der Waals surface area contributed by atoms with E-state index in [-0.39, 0.29) is 11.4 Å². The summed E-state index contributed by atoms with van der Waals surface area (Å²) in [5, 5.41) is 16.2. The summed E-state index contributed by atoms with van der Waals surface area (Å²) in [6, 6.07) is 6.95. The number of halogens is 1. The van der Waals surface area contributed by atoms with Gasteiger partial charge in [0.1, 0.15) is 29.8 Å². The van der Waals surface area contributed by atoms with Crippen molar-refractivity contribution in [2.45, 2.75) is 44.0 Å². The largest absolute Gasteiger partial charge is 0.468 e. The van der Waals surface area contributed by atoms with Crippen LogP contribution in [0.15, 0.2) is 36.7 Å². The van der Waals surface area contributed by atoms with Crippen LogP contribution in [-0.2, 0) is 23.4 Å². The molecule has 1 aliphatic heterocycles. The van der Waals surface area contributed by atoms with Crippen molar-refractivity contribution in [3.05, 3.63) is 42.5 Å². The Kier molecular flexibility index (Phi) is 8.20. The molecule has 13 nitrogen and oxygen atoms in total. The molecule has 6 atom stereocenters. The molecule has 3 N–H and O–H groups in total. The number of hydrogen-bond donors (Lipinski definition) is 3. The van der Waals surface area contributed by atoms with Crippen molar-refractivity contribution in [1.29, 1.82) is 0 Å². The number of rotatable bonds is 10. The number of aryl methyl sites for hydroxylation is 1. The first-order valence-corrected chi connectivity index (χ1v) is 13.3. The number of esters is 1. The summed E-state index contributed by atoms with van der Waals surface area (Å²) in [5.41, 5.74) is -2.19. The van der Waals surface area contributed by atoms with Crippen molar-refractivity contribution in [2.75, 3.05) is 26.1 Å². The summed E-state index contributed by atoms with van der Waals surface area (Å²) in [6.45, 7) is 2.42. The Morgan fingerprint density at radius 2 is 2.10 bits per heavy atom. The summed E-state index contributed by atoms with van der Waals surface area (Å²) >= 11 is 0. The van der Waals surface area contributed by atoms with Gasteiger partial charge in [0.15, 0.2) is 23.2 Å². The van der Waals surface area contributed by atoms with Crippen molar-refractivity contribution in [2.24, 2.45) is 0 Å². The van der Waals surface area contributed by atoms with E-state index in [4.69, 9.17) is 20.2 Å². The second-order valence-corrected chi connectivity index (χ2v) is 10.3. The molecule has 1 aromatic carbocycles. The van der Waals surface area contributed by atoms with Crippen LogP contribution in [-0.4, -0.2) is 75.3 Å². The van der Waals surface area contributed by atoms with E-state index >= 15 is 4.39 Å². The van der Waals surface area contributed by atoms with Gasteiger partial charge >= 0.3 is 13.7 Å². The molecule has 3 heterocycles. The van der Waals surface area contributed by atoms with Crippen LogP contribution in [0.3, 0.4) is 0 Å². The standard InChI is InChI=1S/C24H28FN6O7P/c1-6-24(25)19(32)17(37-23(24)31-13-27-18-20(26-4)28-15(3)29-21(18)31)12-36-39(34,30-14(2)22(33)35-5)38-16-10-8-7-9-11-16/h1,7-11,13-14,17,19,23,32H,12H2,2-5H3,(H,30,34)(H,26,28,29)/t14-,17-,19-,23-,24-,39-/m1/s1. The van der Waals surface area contributed by atoms with Crippen LogP contribution in [0, 0.1) is 19.3 Å². The molecule has 0 amide bonds. The molecule has 2 aromatic heterocycles. The maximum absolute atomic E-state index is 16.1. The number of alkyl halides is 1. The number of nitrogens with zero attached hydrogens (tertiary/aromatic N) is 4. The fourth-order valence-corrected chi connectivity index (χ4v) is 5.53. The third-order valence-electron chi connectivity index (χ3n) is 5.97. The molecule has 1 aliphatic rings. The van der Waals surface area contributed by atoms with Crippen molar-refractivity contribution >= 4 is 30.7 Å². The minimum Gasteiger partial charge on any atom is -0.468 e. The third kappa shape index (κ3) is 5.59. The minimum atomic E-state index is -4.29. The van der Waals surface area contributed by atoms with Gasteiger partial charge in [-0.05, 0) is 26.0 Å². The Labute approximate surface area is 223 Å². The van der Waals surface area contributed by atoms with E-state index in [0.717, 1.165) is 0 Å². The van der Waals surface area contributed by atoms with Crippen molar-refractivity contribution < 1.29 is 37.4 Å². The smallest absolute Gasteiger partial charge is 0.459 e. The number of benzene rings is 1. The maximum atomic E-state index is 16.1. The highest BCUT2D eigenvalue weighted by Crippen LogP contribution is 2.48. The minimum absolute atomic E-state index is 0.167. The highest BCUT2D eigenvalue weighted by Gasteiger charge is 2.58. The summed E-state index contributed by atoms with van der Waals surface area (Å²) < 4.78 is 52.5. The van der Waals surface area contributed by atoms with E-state index < -0.39 is 50.5 Å². The highest BCUT2D eigenvalue weighted by atomic mass is 31.2. The zero-order valence-electron chi connectivity index (χ0n) is 21.6. The molecule has 1 saturated heterocycles. The number of aromatic nitrogens is 4. The zero-order valence-corrected chi connectivity index (χ0v) is 22.5. The Bertz CT molecular complexity index is 1430. The van der Waals surface area contributed by atoms with Gasteiger partial charge in [-0.3, -0.25) is 13.9 Å². The van der Waals surface area contributed by atoms with Gasteiger partial charge in [-0.2, -0.15) is 5.09 Å². The van der Waals surface area contributed by atoms with Crippen molar-refractivity contribution in [1.82, 2.24) is 24.6 Å². The molecule has 0 unspecified atom stereocenters. The number of ether oxygens (including phenoxy) is 2. The monoisotopic (exact) mass is 562 g/mol. The molecule has 1 fully saturated rings. The average Bonchev–Trinajstić information content (AvgIpc) is 3.45. The predicted octanol–water partition coefficient (Wildman–Crippen LogP) is 2.13. The quantitative estimate of drug-likeness (QED) is 0.188. The van der Waals surface area contributed by atoms with Crippen LogP contribution in [0.25, 0.3) is 11.2 Å². The number of aliphatic hydroxyl groups excluding tert-OH is 1. The number of imidazole rings is 1. The van der Waals surface area contributed by atoms with Crippen LogP contribution < -0.4 is 14.9 Å². The maximum Gasteiger partial charge on any atom is 0.459 e. The predicted molar refractivity (Wildman–Crippen MR) is 137 cm³/mol. The number of carbonyl (C=O) groups is 1. The Morgan fingerprint density at radius 1 is 1.38 bits per heavy atom. The van der Waals surface area contributed by atoms with Crippen LogP contribution in [0.2, 0.25) is 0 Å². The normalized spacial score (nSPS) is 25.0. The summed E-state index contributed by atoms with van der Waals surface area (Å²) in [7, 11) is -1.48. The fourth-order valence-electron chi connectivity index (χ4n) is 4.03. The molecule has 0 bridgehead atoms. The lowest BCUT2D eigenvalue weighted by atomic mass is 9.97. The van der Waals surface area contributed by atoms with E-state index in [1.54, 1.807) is 32.2 Å². The van der Waals surface area contributed by atoms with Crippen LogP contribution >= 0.6 is 7.75 Å². The van der Waals surface area contributed by atoms with Gasteiger partial charge in [0.25, 0.3) is 0 Å². The Hall–Kier alpha value is -3.60. The van der Waals surface area contributed by atoms with Gasteiger partial charge in [-0.25, -0.2) is 23.9 Å². The van der Waals surface area contributed by atoms with E-state index in [2.05, 4.69) is 30.1 Å². The summed E-state index contributed by atoms with van der Waals surface area (Å²) in [5.74, 6) is 2.20. The number of aliphatic hydroxyl groups is 1. The first-order valence-electron chi connectivity index (χ1n) is 11.8. The van der Waals surface area contributed by atoms with Crippen molar-refractivity contribution in [3.63, 3.8) is 0 Å². The molecule has 15 heteroatoms. The van der Waals surface area contributed by atoms with Gasteiger partial charge < -0.3 is 24.4 Å². The van der Waals surface area contributed by atoms with E-state index in [1.807, 2.05) is 5.92 Å². The summed E-state index contributed by atoms with van der Waals surface area (Å²) in [4.78, 5) is 24.8. The Morgan fingerprint density at radius 3 is 2.74 bits per heavy atom. The average molecular weight is 562 g/mol. The molecule has 0 radical (unpaired) electrons. The lowest BCUT2D eigenvalue weighted by molar-refractivity contribution is -0.142. The highest BCUT2D eigenvalue weighted by molar-refractivity contribution is 7.52. The van der Waals surface area contributed by atoms with E-state index in [0.29, 0.717) is 17.2 Å². The van der Waals surface area contributed by atoms with Crippen LogP contribution in [0.1, 0.15) is 19.0 Å². The van der Waals surface area contributed by atoms with E-state index in [9.17, 15) is 14.5 Å². The number of carbonyl (C=O) groups excluding carboxylic acids is 1. The molecular weight excluding hydrogens is 534 g/mol. The number of para-hydroxylation sites is 1. The number of fused-ring (bicyclic) bond motifs is 1. The first kappa shape index (κ1) is 28.4. The number of terminal acetylenes is 1. The van der Waals surface area contributed by atoms with Crippen LogP contribution in [0.4, 0.5) is 10.2 Å². The van der Waals surface area contributed by atoms with Crippen molar-refractivity contribution in [3.8, 4) is 18.1 Å². The number of hydrogen-bond acceptors (Lipinski definition) is 11. The lowest BCUT2D eigenvalue weighted by Gasteiger charge is -2.24.